The number of thiocarbonyl (C=S) groups is 1. The summed E-state index contributed by atoms with van der Waals surface area (Å²) in [4.78, 5) is 18.1. The number of aromatic nitrogens is 2. The van der Waals surface area contributed by atoms with Crippen molar-refractivity contribution in [3.05, 3.63) is 108 Å². The molecule has 0 spiro atoms. The van der Waals surface area contributed by atoms with Crippen molar-refractivity contribution in [1.82, 2.24) is 14.9 Å². The first-order chi connectivity index (χ1) is 17.7. The predicted octanol–water partition coefficient (Wildman–Crippen LogP) is 4.12. The van der Waals surface area contributed by atoms with Crippen molar-refractivity contribution in [2.24, 2.45) is 0 Å². The van der Waals surface area contributed by atoms with E-state index in [9.17, 15) is 18.3 Å². The van der Waals surface area contributed by atoms with Crippen LogP contribution < -0.4 is 14.9 Å². The summed E-state index contributed by atoms with van der Waals surface area (Å²) in [5.41, 5.74) is 3.74. The summed E-state index contributed by atoms with van der Waals surface area (Å²) >= 11 is 5.77. The van der Waals surface area contributed by atoms with Gasteiger partial charge in [-0.05, 0) is 78.9 Å². The predicted molar refractivity (Wildman–Crippen MR) is 146 cm³/mol. The lowest BCUT2D eigenvalue weighted by molar-refractivity contribution is 0.0697. The number of anilines is 2. The average Bonchev–Trinajstić information content (AvgIpc) is 3.48. The number of hydrogen-bond acceptors (Lipinski definition) is 5. The van der Waals surface area contributed by atoms with Gasteiger partial charge in [-0.15, -0.1) is 0 Å². The van der Waals surface area contributed by atoms with Crippen molar-refractivity contribution < 1.29 is 18.3 Å². The van der Waals surface area contributed by atoms with Gasteiger partial charge in [-0.1, -0.05) is 12.1 Å². The maximum Gasteiger partial charge on any atom is 0.335 e. The van der Waals surface area contributed by atoms with Crippen molar-refractivity contribution in [2.75, 3.05) is 15.9 Å². The third-order valence-electron chi connectivity index (χ3n) is 6.00. The van der Waals surface area contributed by atoms with E-state index in [1.165, 1.54) is 0 Å². The average molecular weight is 534 g/mol. The number of aromatic carboxylic acids is 1. The Kier molecular flexibility index (Phi) is 6.40. The molecule has 2 unspecified atom stereocenters. The summed E-state index contributed by atoms with van der Waals surface area (Å²) in [6.45, 7) is 0. The van der Waals surface area contributed by atoms with Gasteiger partial charge < -0.3 is 19.9 Å². The molecule has 0 bridgehead atoms. The van der Waals surface area contributed by atoms with E-state index in [4.69, 9.17) is 12.2 Å². The molecule has 5 rings (SSSR count). The molecule has 1 aliphatic rings. The van der Waals surface area contributed by atoms with Gasteiger partial charge in [0.25, 0.3) is 0 Å². The summed E-state index contributed by atoms with van der Waals surface area (Å²) in [5.74, 6) is -1.00. The van der Waals surface area contributed by atoms with Crippen LogP contribution in [-0.2, 0) is 10.0 Å². The van der Waals surface area contributed by atoms with Gasteiger partial charge in [0.2, 0.25) is 10.0 Å². The summed E-state index contributed by atoms with van der Waals surface area (Å²) in [6.07, 6.45) is 4.70. The molecular formula is C26H23N5O4S2. The minimum Gasteiger partial charge on any atom is -0.478 e. The summed E-state index contributed by atoms with van der Waals surface area (Å²) in [6, 6.07) is 22.6. The molecule has 1 aliphatic heterocycles. The molecule has 0 aliphatic carbocycles. The van der Waals surface area contributed by atoms with Gasteiger partial charge >= 0.3 is 5.97 Å². The SMILES string of the molecule is CS(=O)(=O)Nc1ccc(N2C(=S)NC(c3ccccn3)C2c2cccn2-c2cccc(C(=O)O)c2)cc1. The van der Waals surface area contributed by atoms with E-state index in [-0.39, 0.29) is 17.6 Å². The second-order valence-electron chi connectivity index (χ2n) is 8.58. The fourth-order valence-electron chi connectivity index (χ4n) is 4.50. The van der Waals surface area contributed by atoms with Crippen molar-refractivity contribution in [3.8, 4) is 5.69 Å². The standard InChI is InChI=1S/C26H23N5O4S2/c1-37(34,35)29-18-10-12-19(13-11-18)31-24(23(28-26(31)36)21-8-2-3-14-27-21)22-9-5-15-30(22)20-7-4-6-17(16-20)25(32)33/h2-16,23-24,29H,1H3,(H,28,36)(H,32,33). The fourth-order valence-corrected chi connectivity index (χ4v) is 5.41. The van der Waals surface area contributed by atoms with Crippen LogP contribution in [0.5, 0.6) is 0 Å². The first kappa shape index (κ1) is 24.5. The highest BCUT2D eigenvalue weighted by molar-refractivity contribution is 7.92. The van der Waals surface area contributed by atoms with Crippen molar-refractivity contribution in [3.63, 3.8) is 0 Å². The largest absolute Gasteiger partial charge is 0.478 e. The van der Waals surface area contributed by atoms with Gasteiger partial charge in [-0.2, -0.15) is 0 Å². The van der Waals surface area contributed by atoms with Crippen LogP contribution in [0.4, 0.5) is 11.4 Å². The Morgan fingerprint density at radius 2 is 1.81 bits per heavy atom. The van der Waals surface area contributed by atoms with Crippen LogP contribution in [0, 0.1) is 0 Å². The first-order valence-corrected chi connectivity index (χ1v) is 13.6. The van der Waals surface area contributed by atoms with E-state index in [1.54, 1.807) is 48.7 Å². The molecule has 2 aromatic heterocycles. The molecular weight excluding hydrogens is 510 g/mol. The molecule has 11 heteroatoms. The third-order valence-corrected chi connectivity index (χ3v) is 6.92. The first-order valence-electron chi connectivity index (χ1n) is 11.3. The quantitative estimate of drug-likeness (QED) is 0.304. The Bertz CT molecular complexity index is 1570. The van der Waals surface area contributed by atoms with Gasteiger partial charge in [0.15, 0.2) is 5.11 Å². The molecule has 188 valence electrons. The van der Waals surface area contributed by atoms with Gasteiger partial charge in [0.05, 0.1) is 23.6 Å². The van der Waals surface area contributed by atoms with Gasteiger partial charge in [0, 0.05) is 35.1 Å². The third kappa shape index (κ3) is 5.04. The molecule has 9 nitrogen and oxygen atoms in total. The van der Waals surface area contributed by atoms with Crippen LogP contribution in [0.2, 0.25) is 0 Å². The van der Waals surface area contributed by atoms with Gasteiger partial charge in [-0.3, -0.25) is 9.71 Å². The molecule has 2 atom stereocenters. The molecule has 4 aromatic rings. The van der Waals surface area contributed by atoms with Gasteiger partial charge in [0.1, 0.15) is 6.04 Å². The van der Waals surface area contributed by atoms with Crippen LogP contribution in [-0.4, -0.2) is 40.4 Å². The molecule has 1 fully saturated rings. The Morgan fingerprint density at radius 1 is 1.03 bits per heavy atom. The zero-order valence-corrected chi connectivity index (χ0v) is 21.3. The van der Waals surface area contributed by atoms with Crippen LogP contribution in [0.15, 0.2) is 91.3 Å². The lowest BCUT2D eigenvalue weighted by Crippen LogP contribution is -2.30. The molecule has 2 aromatic carbocycles. The normalized spacial score (nSPS) is 17.4. The van der Waals surface area contributed by atoms with E-state index in [0.29, 0.717) is 16.5 Å². The number of carbonyl (C=O) groups is 1. The highest BCUT2D eigenvalue weighted by atomic mass is 32.2. The van der Waals surface area contributed by atoms with Crippen LogP contribution >= 0.6 is 12.2 Å². The Morgan fingerprint density at radius 3 is 2.49 bits per heavy atom. The number of hydrogen-bond donors (Lipinski definition) is 3. The molecule has 0 amide bonds. The zero-order chi connectivity index (χ0) is 26.2. The van der Waals surface area contributed by atoms with Crippen molar-refractivity contribution in [2.45, 2.75) is 12.1 Å². The number of nitrogens with one attached hydrogen (secondary N) is 2. The van der Waals surface area contributed by atoms with Crippen molar-refractivity contribution >= 4 is 44.7 Å². The lowest BCUT2D eigenvalue weighted by Gasteiger charge is -2.29. The second kappa shape index (κ2) is 9.68. The second-order valence-corrected chi connectivity index (χ2v) is 10.7. The molecule has 3 heterocycles. The summed E-state index contributed by atoms with van der Waals surface area (Å²) < 4.78 is 27.7. The summed E-state index contributed by atoms with van der Waals surface area (Å²) in [7, 11) is -3.41. The Hall–Kier alpha value is -4.22. The zero-order valence-electron chi connectivity index (χ0n) is 19.6. The fraction of sp³-hybridized carbons (Fsp3) is 0.115. The van der Waals surface area contributed by atoms with E-state index in [0.717, 1.165) is 23.3 Å². The van der Waals surface area contributed by atoms with Crippen LogP contribution in [0.1, 0.15) is 33.8 Å². The minimum absolute atomic E-state index is 0.185. The monoisotopic (exact) mass is 533 g/mol. The number of benzene rings is 2. The number of pyridine rings is 1. The molecule has 1 saturated heterocycles. The topological polar surface area (TPSA) is 117 Å². The highest BCUT2D eigenvalue weighted by Crippen LogP contribution is 2.42. The molecule has 0 radical (unpaired) electrons. The molecule has 3 N–H and O–H groups in total. The Balaban J connectivity index is 1.61. The van der Waals surface area contributed by atoms with E-state index in [1.807, 2.05) is 52.1 Å². The van der Waals surface area contributed by atoms with Crippen LogP contribution in [0.25, 0.3) is 5.69 Å². The van der Waals surface area contributed by atoms with E-state index in [2.05, 4.69) is 15.0 Å². The van der Waals surface area contributed by atoms with E-state index >= 15 is 0 Å². The minimum atomic E-state index is -3.41. The number of sulfonamides is 1. The summed E-state index contributed by atoms with van der Waals surface area (Å²) in [5, 5.41) is 13.4. The maximum absolute atomic E-state index is 11.6. The lowest BCUT2D eigenvalue weighted by atomic mass is 10.0. The molecule has 37 heavy (non-hydrogen) atoms. The van der Waals surface area contributed by atoms with Crippen molar-refractivity contribution in [1.29, 1.82) is 0 Å². The molecule has 0 saturated carbocycles. The smallest absolute Gasteiger partial charge is 0.335 e. The van der Waals surface area contributed by atoms with E-state index < -0.39 is 16.0 Å². The number of carboxylic acids is 1. The number of nitrogens with zero attached hydrogens (tertiary/aromatic N) is 3. The Labute approximate surface area is 219 Å². The highest BCUT2D eigenvalue weighted by Gasteiger charge is 2.42. The number of rotatable bonds is 7. The maximum atomic E-state index is 11.6. The van der Waals surface area contributed by atoms with Gasteiger partial charge in [-0.25, -0.2) is 13.2 Å². The number of carboxylic acid groups (broad SMARTS) is 1. The van der Waals surface area contributed by atoms with Crippen LogP contribution in [0.3, 0.4) is 0 Å².